The van der Waals surface area contributed by atoms with Crippen LogP contribution in [0, 0.1) is 0 Å². The quantitative estimate of drug-likeness (QED) is 0.720. The fourth-order valence-electron chi connectivity index (χ4n) is 2.50. The topological polar surface area (TPSA) is 29.5 Å². The highest BCUT2D eigenvalue weighted by Gasteiger charge is 2.71. The fourth-order valence-corrected chi connectivity index (χ4v) is 2.50. The van der Waals surface area contributed by atoms with Crippen molar-refractivity contribution in [3.05, 3.63) is 65.2 Å². The minimum absolute atomic E-state index is 0.0547. The third-order valence-electron chi connectivity index (χ3n) is 3.91. The van der Waals surface area contributed by atoms with Gasteiger partial charge in [0.05, 0.1) is 12.7 Å². The first-order valence-electron chi connectivity index (χ1n) is 7.24. The van der Waals surface area contributed by atoms with Crippen LogP contribution in [0.2, 0.25) is 0 Å². The Hall–Kier alpha value is -2.36. The van der Waals surface area contributed by atoms with Crippen LogP contribution in [0.1, 0.15) is 16.7 Å². The summed E-state index contributed by atoms with van der Waals surface area (Å²) in [5.74, 6) is -5.98. The smallest absolute Gasteiger partial charge is 0.457 e. The lowest BCUT2D eigenvalue weighted by molar-refractivity contribution is -0.336. The molecule has 2 nitrogen and oxygen atoms in total. The zero-order valence-corrected chi connectivity index (χ0v) is 13.5. The van der Waals surface area contributed by atoms with Crippen molar-refractivity contribution in [2.24, 2.45) is 0 Å². The van der Waals surface area contributed by atoms with Crippen LogP contribution in [0.5, 0.6) is 5.75 Å². The molecule has 0 amide bonds. The van der Waals surface area contributed by atoms with Gasteiger partial charge in [-0.2, -0.15) is 35.1 Å². The lowest BCUT2D eigenvalue weighted by atomic mass is 9.79. The molecule has 0 spiro atoms. The highest BCUT2D eigenvalue weighted by atomic mass is 19.4. The third kappa shape index (κ3) is 3.58. The third-order valence-corrected chi connectivity index (χ3v) is 3.91. The van der Waals surface area contributed by atoms with Crippen molar-refractivity contribution in [2.75, 3.05) is 7.11 Å². The minimum atomic E-state index is -6.25. The Morgan fingerprint density at radius 1 is 0.741 bits per heavy atom. The maximum Gasteiger partial charge on any atom is 0.457 e. The van der Waals surface area contributed by atoms with Gasteiger partial charge in [-0.3, -0.25) is 0 Å². The second-order valence-corrected chi connectivity index (χ2v) is 5.59. The van der Waals surface area contributed by atoms with E-state index in [9.17, 15) is 40.2 Å². The molecule has 148 valence electrons. The van der Waals surface area contributed by atoms with Crippen molar-refractivity contribution in [1.29, 1.82) is 0 Å². The fraction of sp³-hybridized carbons (Fsp3) is 0.294. The minimum Gasteiger partial charge on any atom is -0.497 e. The van der Waals surface area contributed by atoms with Gasteiger partial charge >= 0.3 is 18.3 Å². The molecular weight excluding hydrogens is 388 g/mol. The molecule has 10 heteroatoms. The summed E-state index contributed by atoms with van der Waals surface area (Å²) >= 11 is 0. The molecule has 2 aromatic rings. The van der Waals surface area contributed by atoms with Crippen LogP contribution < -0.4 is 4.74 Å². The Kier molecular flexibility index (Phi) is 5.17. The van der Waals surface area contributed by atoms with Gasteiger partial charge in [-0.25, -0.2) is 0 Å². The van der Waals surface area contributed by atoms with E-state index in [0.29, 0.717) is 24.3 Å². The number of rotatable bonds is 4. The van der Waals surface area contributed by atoms with E-state index in [0.717, 1.165) is 19.2 Å². The summed E-state index contributed by atoms with van der Waals surface area (Å²) in [7, 11) is 1.10. The summed E-state index contributed by atoms with van der Waals surface area (Å²) in [5, 5.41) is 10.5. The number of halogens is 8. The van der Waals surface area contributed by atoms with E-state index in [2.05, 4.69) is 0 Å². The molecule has 2 rings (SSSR count). The van der Waals surface area contributed by atoms with Crippen LogP contribution in [-0.4, -0.2) is 24.3 Å². The van der Waals surface area contributed by atoms with E-state index in [4.69, 9.17) is 4.74 Å². The van der Waals surface area contributed by atoms with Crippen molar-refractivity contribution in [3.8, 4) is 5.75 Å². The Morgan fingerprint density at radius 2 is 1.22 bits per heavy atom. The molecule has 0 saturated carbocycles. The molecule has 0 aliphatic rings. The zero-order chi connectivity index (χ0) is 20.7. The molecule has 0 radical (unpaired) electrons. The second-order valence-electron chi connectivity index (χ2n) is 5.59. The lowest BCUT2D eigenvalue weighted by Crippen LogP contribution is -2.55. The van der Waals surface area contributed by atoms with Crippen molar-refractivity contribution in [2.45, 2.75) is 23.9 Å². The van der Waals surface area contributed by atoms with E-state index < -0.39 is 40.6 Å². The van der Waals surface area contributed by atoms with Gasteiger partial charge in [-0.1, -0.05) is 24.3 Å². The molecule has 0 aliphatic heterocycles. The summed E-state index contributed by atoms with van der Waals surface area (Å²) in [4.78, 5) is 0. The Morgan fingerprint density at radius 3 is 1.70 bits per heavy atom. The zero-order valence-electron chi connectivity index (χ0n) is 13.5. The number of aliphatic hydroxyl groups is 1. The number of benzene rings is 2. The predicted molar refractivity (Wildman–Crippen MR) is 78.4 cm³/mol. The van der Waals surface area contributed by atoms with Crippen LogP contribution in [0.15, 0.2) is 48.5 Å². The molecular formula is C17H12F8O2. The van der Waals surface area contributed by atoms with Crippen molar-refractivity contribution < 1.29 is 45.0 Å². The largest absolute Gasteiger partial charge is 0.497 e. The second kappa shape index (κ2) is 6.66. The molecule has 0 aliphatic carbocycles. The Labute approximate surface area is 148 Å². The van der Waals surface area contributed by atoms with Gasteiger partial charge in [0.1, 0.15) is 5.75 Å². The number of ether oxygens (including phenoxy) is 1. The molecule has 1 unspecified atom stereocenters. The molecule has 0 heterocycles. The average molecular weight is 400 g/mol. The van der Waals surface area contributed by atoms with Crippen molar-refractivity contribution in [1.82, 2.24) is 0 Å². The van der Waals surface area contributed by atoms with E-state index in [-0.39, 0.29) is 11.8 Å². The molecule has 27 heavy (non-hydrogen) atoms. The number of alkyl halides is 8. The first-order valence-corrected chi connectivity index (χ1v) is 7.24. The summed E-state index contributed by atoms with van der Waals surface area (Å²) in [5.41, 5.74) is -7.86. The van der Waals surface area contributed by atoms with E-state index in [1.165, 1.54) is 6.07 Å². The first-order chi connectivity index (χ1) is 12.2. The molecule has 0 bridgehead atoms. The summed E-state index contributed by atoms with van der Waals surface area (Å²) in [6.45, 7) is 0. The van der Waals surface area contributed by atoms with Gasteiger partial charge in [0.25, 0.3) is 0 Å². The lowest BCUT2D eigenvalue weighted by Gasteiger charge is -2.38. The average Bonchev–Trinajstić information content (AvgIpc) is 2.59. The maximum atomic E-state index is 14.3. The Bertz CT molecular complexity index is 813. The van der Waals surface area contributed by atoms with Gasteiger partial charge in [0, 0.05) is 0 Å². The van der Waals surface area contributed by atoms with Crippen LogP contribution >= 0.6 is 0 Å². The first kappa shape index (κ1) is 20.9. The van der Waals surface area contributed by atoms with Crippen molar-refractivity contribution >= 4 is 0 Å². The van der Waals surface area contributed by atoms with E-state index >= 15 is 0 Å². The van der Waals surface area contributed by atoms with Gasteiger partial charge in [-0.05, 0) is 35.4 Å². The van der Waals surface area contributed by atoms with Crippen LogP contribution in [0.3, 0.4) is 0 Å². The summed E-state index contributed by atoms with van der Waals surface area (Å²) < 4.78 is 111. The summed E-state index contributed by atoms with van der Waals surface area (Å²) in [6.07, 6.45) is -11.3. The maximum absolute atomic E-state index is 14.3. The SMILES string of the molecule is COc1cccc(C(O)(c2cccc(C(F)(F)F)c2)C(F)(F)C(F)(F)F)c1. The van der Waals surface area contributed by atoms with Crippen molar-refractivity contribution in [3.63, 3.8) is 0 Å². The highest BCUT2D eigenvalue weighted by Crippen LogP contribution is 2.52. The number of hydrogen-bond acceptors (Lipinski definition) is 2. The van der Waals surface area contributed by atoms with E-state index in [1.54, 1.807) is 0 Å². The predicted octanol–water partition coefficient (Wildman–Crippen LogP) is 5.15. The molecule has 0 fully saturated rings. The molecule has 2 aromatic carbocycles. The monoisotopic (exact) mass is 400 g/mol. The van der Waals surface area contributed by atoms with Crippen LogP contribution in [0.25, 0.3) is 0 Å². The Balaban J connectivity index is 2.83. The normalized spacial score (nSPS) is 15.3. The number of hydrogen-bond donors (Lipinski definition) is 1. The van der Waals surface area contributed by atoms with E-state index in [1.807, 2.05) is 0 Å². The molecule has 1 N–H and O–H groups in total. The standard InChI is InChI=1S/C17H12F8O2/c1-27-13-7-3-5-11(9-13)14(26,16(21,22)17(23,24)25)10-4-2-6-12(8-10)15(18,19)20/h2-9,26H,1H3. The molecule has 1 atom stereocenters. The molecule has 0 saturated heterocycles. The number of methoxy groups -OCH3 is 1. The van der Waals surface area contributed by atoms with Gasteiger partial charge in [0.2, 0.25) is 0 Å². The summed E-state index contributed by atoms with van der Waals surface area (Å²) in [6, 6.07) is 5.41. The van der Waals surface area contributed by atoms with Gasteiger partial charge in [0.15, 0.2) is 5.60 Å². The van der Waals surface area contributed by atoms with Gasteiger partial charge < -0.3 is 9.84 Å². The van der Waals surface area contributed by atoms with Crippen LogP contribution in [0.4, 0.5) is 35.1 Å². The van der Waals surface area contributed by atoms with Crippen LogP contribution in [-0.2, 0) is 11.8 Å². The van der Waals surface area contributed by atoms with Gasteiger partial charge in [-0.15, -0.1) is 0 Å². The highest BCUT2D eigenvalue weighted by molar-refractivity contribution is 5.44. The molecule has 0 aromatic heterocycles.